The first kappa shape index (κ1) is 19.3. The predicted octanol–water partition coefficient (Wildman–Crippen LogP) is 4.55. The van der Waals surface area contributed by atoms with E-state index in [0.717, 1.165) is 25.7 Å². The van der Waals surface area contributed by atoms with Gasteiger partial charge in [-0.2, -0.15) is 0 Å². The molecule has 0 saturated carbocycles. The summed E-state index contributed by atoms with van der Waals surface area (Å²) in [6.45, 7) is 12.9. The topological polar surface area (TPSA) is 47.6 Å². The Labute approximate surface area is 147 Å². The summed E-state index contributed by atoms with van der Waals surface area (Å²) in [6.07, 6.45) is 6.68. The third kappa shape index (κ3) is 3.79. The first-order valence-corrected chi connectivity index (χ1v) is 9.66. The minimum atomic E-state index is -0.296. The molecule has 138 valence electrons. The lowest BCUT2D eigenvalue weighted by atomic mass is 9.56. The number of allylic oxidation sites excluding steroid dienone is 1. The van der Waals surface area contributed by atoms with Crippen LogP contribution >= 0.6 is 0 Å². The number of ether oxygens (including phenoxy) is 2. The van der Waals surface area contributed by atoms with Crippen LogP contribution in [0.2, 0.25) is 0 Å². The molecule has 0 unspecified atom stereocenters. The summed E-state index contributed by atoms with van der Waals surface area (Å²) in [5.74, 6) is 1.27. The summed E-state index contributed by atoms with van der Waals surface area (Å²) in [5, 5.41) is 2.84. The number of unbranched alkanes of at least 4 members (excludes halogenated alkanes) is 1. The number of fused-ring (bicyclic) bond motifs is 2. The summed E-state index contributed by atoms with van der Waals surface area (Å²) in [6, 6.07) is 0. The highest BCUT2D eigenvalue weighted by Gasteiger charge is 2.53. The minimum Gasteiger partial charge on any atom is -0.449 e. The van der Waals surface area contributed by atoms with Crippen molar-refractivity contribution in [1.29, 1.82) is 0 Å². The molecule has 0 radical (unpaired) electrons. The summed E-state index contributed by atoms with van der Waals surface area (Å²) in [4.78, 5) is 12.0. The van der Waals surface area contributed by atoms with Crippen LogP contribution in [0.1, 0.15) is 60.3 Å². The van der Waals surface area contributed by atoms with Crippen LogP contribution in [0.4, 0.5) is 4.79 Å². The van der Waals surface area contributed by atoms with Crippen LogP contribution in [0.3, 0.4) is 0 Å². The van der Waals surface area contributed by atoms with Gasteiger partial charge in [-0.25, -0.2) is 4.79 Å². The van der Waals surface area contributed by atoms with E-state index in [-0.39, 0.29) is 11.5 Å². The van der Waals surface area contributed by atoms with Gasteiger partial charge >= 0.3 is 6.09 Å². The molecule has 2 rings (SSSR count). The van der Waals surface area contributed by atoms with E-state index in [4.69, 9.17) is 9.47 Å². The Hall–Kier alpha value is -1.03. The number of carbonyl (C=O) groups excluding carboxylic acids is 1. The van der Waals surface area contributed by atoms with Gasteiger partial charge in [-0.05, 0) is 31.6 Å². The number of alkyl carbamates (subject to hydrolysis) is 1. The molecular formula is C20H35NO3. The van der Waals surface area contributed by atoms with E-state index < -0.39 is 0 Å². The molecule has 1 aliphatic carbocycles. The van der Waals surface area contributed by atoms with E-state index in [9.17, 15) is 4.79 Å². The predicted molar refractivity (Wildman–Crippen MR) is 96.9 cm³/mol. The molecule has 5 atom stereocenters. The van der Waals surface area contributed by atoms with Crippen LogP contribution in [-0.4, -0.2) is 32.0 Å². The summed E-state index contributed by atoms with van der Waals surface area (Å²) >= 11 is 0. The Morgan fingerprint density at radius 3 is 2.79 bits per heavy atom. The van der Waals surface area contributed by atoms with Gasteiger partial charge in [0.25, 0.3) is 0 Å². The molecule has 4 heteroatoms. The molecule has 1 aliphatic heterocycles. The van der Waals surface area contributed by atoms with Crippen molar-refractivity contribution in [2.75, 3.05) is 19.8 Å². The van der Waals surface area contributed by atoms with Gasteiger partial charge in [-0.15, -0.1) is 0 Å². The Morgan fingerprint density at radius 2 is 2.12 bits per heavy atom. The van der Waals surface area contributed by atoms with Gasteiger partial charge in [0, 0.05) is 17.9 Å². The maximum absolute atomic E-state index is 12.0. The zero-order valence-electron chi connectivity index (χ0n) is 16.1. The van der Waals surface area contributed by atoms with E-state index in [1.807, 2.05) is 0 Å². The van der Waals surface area contributed by atoms with Crippen molar-refractivity contribution in [1.82, 2.24) is 5.32 Å². The Bertz CT molecular complexity index is 462. The smallest absolute Gasteiger partial charge is 0.407 e. The maximum atomic E-state index is 12.0. The lowest BCUT2D eigenvalue weighted by Crippen LogP contribution is -2.57. The second-order valence-electron chi connectivity index (χ2n) is 7.74. The zero-order chi connectivity index (χ0) is 17.7. The van der Waals surface area contributed by atoms with Crippen LogP contribution in [-0.2, 0) is 9.47 Å². The fraction of sp³-hybridized carbons (Fsp3) is 0.850. The van der Waals surface area contributed by atoms with Crippen molar-refractivity contribution in [2.45, 2.75) is 66.4 Å². The molecule has 1 heterocycles. The Balaban J connectivity index is 2.06. The molecule has 4 nitrogen and oxygen atoms in total. The SMILES string of the molecule is CCCCNC(=O)OC[C@@]12CO[C@@H](CCC)[C@@H](C(C)=C[C@@H]1C)[C@H]2C. The highest BCUT2D eigenvalue weighted by atomic mass is 16.6. The van der Waals surface area contributed by atoms with Gasteiger partial charge < -0.3 is 14.8 Å². The fourth-order valence-electron chi connectivity index (χ4n) is 4.55. The van der Waals surface area contributed by atoms with Gasteiger partial charge in [0.2, 0.25) is 0 Å². The van der Waals surface area contributed by atoms with Gasteiger partial charge in [0.05, 0.1) is 12.7 Å². The molecule has 1 amide bonds. The molecule has 24 heavy (non-hydrogen) atoms. The second kappa shape index (κ2) is 8.37. The highest BCUT2D eigenvalue weighted by molar-refractivity contribution is 5.67. The van der Waals surface area contributed by atoms with Crippen molar-refractivity contribution in [2.24, 2.45) is 23.2 Å². The minimum absolute atomic E-state index is 0.101. The molecule has 0 aromatic heterocycles. The van der Waals surface area contributed by atoms with Crippen LogP contribution in [0.25, 0.3) is 0 Å². The summed E-state index contributed by atoms with van der Waals surface area (Å²) in [7, 11) is 0. The summed E-state index contributed by atoms with van der Waals surface area (Å²) in [5.41, 5.74) is 1.34. The average Bonchev–Trinajstić information content (AvgIpc) is 2.53. The second-order valence-corrected chi connectivity index (χ2v) is 7.74. The van der Waals surface area contributed by atoms with Crippen LogP contribution in [0, 0.1) is 23.2 Å². The molecule has 0 aromatic carbocycles. The van der Waals surface area contributed by atoms with Crippen molar-refractivity contribution < 1.29 is 14.3 Å². The zero-order valence-corrected chi connectivity index (χ0v) is 16.1. The lowest BCUT2D eigenvalue weighted by molar-refractivity contribution is -0.164. The molecule has 1 N–H and O–H groups in total. The van der Waals surface area contributed by atoms with Crippen LogP contribution < -0.4 is 5.32 Å². The van der Waals surface area contributed by atoms with Gasteiger partial charge in [-0.3, -0.25) is 0 Å². The van der Waals surface area contributed by atoms with Gasteiger partial charge in [0.1, 0.15) is 6.61 Å². The van der Waals surface area contributed by atoms with Crippen molar-refractivity contribution in [3.8, 4) is 0 Å². The third-order valence-corrected chi connectivity index (χ3v) is 6.20. The quantitative estimate of drug-likeness (QED) is 0.548. The number of carbonyl (C=O) groups is 1. The highest BCUT2D eigenvalue weighted by Crippen LogP contribution is 2.53. The summed E-state index contributed by atoms with van der Waals surface area (Å²) < 4.78 is 11.9. The molecule has 0 spiro atoms. The van der Waals surface area contributed by atoms with Crippen molar-refractivity contribution in [3.05, 3.63) is 11.6 Å². The van der Waals surface area contributed by atoms with Gasteiger partial charge in [-0.1, -0.05) is 52.2 Å². The lowest BCUT2D eigenvalue weighted by Gasteiger charge is -2.55. The fourth-order valence-corrected chi connectivity index (χ4v) is 4.55. The molecule has 2 aliphatic rings. The molecule has 0 aromatic rings. The van der Waals surface area contributed by atoms with Gasteiger partial charge in [0.15, 0.2) is 0 Å². The van der Waals surface area contributed by atoms with E-state index in [1.165, 1.54) is 5.57 Å². The normalized spacial score (nSPS) is 35.3. The van der Waals surface area contributed by atoms with E-state index in [2.05, 4.69) is 46.0 Å². The molecular weight excluding hydrogens is 302 g/mol. The average molecular weight is 338 g/mol. The molecule has 1 fully saturated rings. The number of hydrogen-bond acceptors (Lipinski definition) is 3. The molecule has 1 saturated heterocycles. The monoisotopic (exact) mass is 337 g/mol. The van der Waals surface area contributed by atoms with E-state index in [0.29, 0.717) is 43.6 Å². The number of rotatable bonds is 7. The maximum Gasteiger partial charge on any atom is 0.407 e. The van der Waals surface area contributed by atoms with Crippen molar-refractivity contribution in [3.63, 3.8) is 0 Å². The number of hydrogen-bond donors (Lipinski definition) is 1. The number of nitrogens with one attached hydrogen (secondary N) is 1. The Kier molecular flexibility index (Phi) is 6.73. The third-order valence-electron chi connectivity index (χ3n) is 6.20. The van der Waals surface area contributed by atoms with Crippen molar-refractivity contribution >= 4 is 6.09 Å². The first-order chi connectivity index (χ1) is 11.5. The number of amides is 1. The molecule has 2 bridgehead atoms. The largest absolute Gasteiger partial charge is 0.449 e. The van der Waals surface area contributed by atoms with Crippen LogP contribution in [0.15, 0.2) is 11.6 Å². The van der Waals surface area contributed by atoms with E-state index >= 15 is 0 Å². The first-order valence-electron chi connectivity index (χ1n) is 9.66. The Morgan fingerprint density at radius 1 is 1.38 bits per heavy atom. The standard InChI is InChI=1S/C20H35NO3/c1-6-8-10-21-19(22)24-13-20-12-23-17(9-7-2)18(16(20)5)14(3)11-15(20)4/h11,15-18H,6-10,12-13H2,1-5H3,(H,21,22)/t15-,16+,17-,18-,20-/m0/s1. The van der Waals surface area contributed by atoms with Crippen LogP contribution in [0.5, 0.6) is 0 Å². The van der Waals surface area contributed by atoms with E-state index in [1.54, 1.807) is 0 Å².